The molecular formula is C16H21FN2O3. The summed E-state index contributed by atoms with van der Waals surface area (Å²) in [4.78, 5) is 25.5. The molecule has 1 amide bonds. The van der Waals surface area contributed by atoms with Gasteiger partial charge in [-0.1, -0.05) is 19.1 Å². The van der Waals surface area contributed by atoms with Gasteiger partial charge in [0, 0.05) is 19.6 Å². The third-order valence-corrected chi connectivity index (χ3v) is 3.98. The molecule has 0 aromatic heterocycles. The molecule has 0 bridgehead atoms. The van der Waals surface area contributed by atoms with Crippen LogP contribution in [0, 0.1) is 5.82 Å². The smallest absolute Gasteiger partial charge is 0.307 e. The maximum atomic E-state index is 13.0. The van der Waals surface area contributed by atoms with E-state index in [1.807, 2.05) is 11.8 Å². The van der Waals surface area contributed by atoms with Gasteiger partial charge >= 0.3 is 5.97 Å². The van der Waals surface area contributed by atoms with E-state index in [1.54, 1.807) is 12.1 Å². The molecule has 1 N–H and O–H groups in total. The van der Waals surface area contributed by atoms with Crippen LogP contribution in [-0.2, 0) is 14.3 Å². The normalized spacial score (nSPS) is 20.3. The van der Waals surface area contributed by atoms with Gasteiger partial charge in [-0.2, -0.15) is 0 Å². The van der Waals surface area contributed by atoms with Crippen LogP contribution in [0.25, 0.3) is 0 Å². The van der Waals surface area contributed by atoms with Crippen molar-refractivity contribution in [1.82, 2.24) is 10.2 Å². The molecule has 1 aromatic carbocycles. The van der Waals surface area contributed by atoms with Crippen LogP contribution in [0.15, 0.2) is 24.3 Å². The maximum absolute atomic E-state index is 13.0. The van der Waals surface area contributed by atoms with Crippen LogP contribution in [0.3, 0.4) is 0 Å². The van der Waals surface area contributed by atoms with Crippen molar-refractivity contribution in [2.24, 2.45) is 0 Å². The Bertz CT molecular complexity index is 533. The topological polar surface area (TPSA) is 58.6 Å². The molecule has 1 saturated heterocycles. The number of nitrogens with zero attached hydrogens (tertiary/aromatic N) is 1. The number of amides is 1. The molecule has 1 aliphatic rings. The number of benzene rings is 1. The summed E-state index contributed by atoms with van der Waals surface area (Å²) in [5.74, 6) is -0.687. The lowest BCUT2D eigenvalue weighted by Gasteiger charge is -2.36. The molecule has 22 heavy (non-hydrogen) atoms. The van der Waals surface area contributed by atoms with Crippen molar-refractivity contribution >= 4 is 11.9 Å². The fraction of sp³-hybridized carbons (Fsp3) is 0.500. The molecule has 0 saturated carbocycles. The first-order chi connectivity index (χ1) is 10.5. The summed E-state index contributed by atoms with van der Waals surface area (Å²) in [6.45, 7) is 3.89. The van der Waals surface area contributed by atoms with Gasteiger partial charge in [0.25, 0.3) is 0 Å². The molecule has 6 heteroatoms. The molecule has 1 heterocycles. The molecule has 2 rings (SSSR count). The highest BCUT2D eigenvalue weighted by Crippen LogP contribution is 2.20. The van der Waals surface area contributed by atoms with Crippen LogP contribution in [0.2, 0.25) is 0 Å². The predicted octanol–water partition coefficient (Wildman–Crippen LogP) is 1.29. The minimum absolute atomic E-state index is 0.0401. The highest BCUT2D eigenvalue weighted by Gasteiger charge is 2.32. The number of esters is 1. The number of rotatable bonds is 5. The lowest BCUT2D eigenvalue weighted by molar-refractivity contribution is -0.146. The van der Waals surface area contributed by atoms with Gasteiger partial charge in [0.2, 0.25) is 5.91 Å². The molecule has 5 nitrogen and oxygen atoms in total. The largest absolute Gasteiger partial charge is 0.469 e. The minimum Gasteiger partial charge on any atom is -0.469 e. The van der Waals surface area contributed by atoms with Crippen molar-refractivity contribution in [1.29, 1.82) is 0 Å². The molecule has 1 aromatic rings. The zero-order valence-electron chi connectivity index (χ0n) is 12.8. The van der Waals surface area contributed by atoms with Gasteiger partial charge in [-0.3, -0.25) is 14.5 Å². The average molecular weight is 308 g/mol. The standard InChI is InChI=1S/C16H21FN2O3/c1-11(12-3-5-13(17)6-4-12)10-19-8-7-18-16(21)14(19)9-15(20)22-2/h3-6,11,14H,7-10H2,1-2H3,(H,18,21)/t11-,14-/m0/s1. The molecule has 1 aliphatic heterocycles. The Morgan fingerprint density at radius 2 is 2.14 bits per heavy atom. The summed E-state index contributed by atoms with van der Waals surface area (Å²) in [5.41, 5.74) is 1.00. The van der Waals surface area contributed by atoms with Crippen molar-refractivity contribution in [2.75, 3.05) is 26.7 Å². The molecule has 1 fully saturated rings. The summed E-state index contributed by atoms with van der Waals surface area (Å²) in [6.07, 6.45) is 0.0401. The van der Waals surface area contributed by atoms with Crippen LogP contribution in [0.1, 0.15) is 24.8 Å². The Balaban J connectivity index is 2.05. The van der Waals surface area contributed by atoms with E-state index in [0.29, 0.717) is 19.6 Å². The Morgan fingerprint density at radius 3 is 2.77 bits per heavy atom. The van der Waals surface area contributed by atoms with Gasteiger partial charge in [-0.05, 0) is 23.6 Å². The number of hydrogen-bond acceptors (Lipinski definition) is 4. The molecule has 0 aliphatic carbocycles. The zero-order valence-corrected chi connectivity index (χ0v) is 12.8. The van der Waals surface area contributed by atoms with E-state index in [0.717, 1.165) is 5.56 Å². The number of nitrogens with one attached hydrogen (secondary N) is 1. The monoisotopic (exact) mass is 308 g/mol. The first-order valence-electron chi connectivity index (χ1n) is 7.35. The average Bonchev–Trinajstić information content (AvgIpc) is 2.51. The first-order valence-corrected chi connectivity index (χ1v) is 7.35. The van der Waals surface area contributed by atoms with E-state index in [1.165, 1.54) is 19.2 Å². The van der Waals surface area contributed by atoms with Crippen molar-refractivity contribution in [3.63, 3.8) is 0 Å². The third kappa shape index (κ3) is 4.04. The molecule has 2 atom stereocenters. The van der Waals surface area contributed by atoms with Crippen LogP contribution in [-0.4, -0.2) is 49.6 Å². The van der Waals surface area contributed by atoms with Crippen LogP contribution >= 0.6 is 0 Å². The first kappa shape index (κ1) is 16.4. The second-order valence-electron chi connectivity index (χ2n) is 5.53. The number of piperazine rings is 1. The summed E-state index contributed by atoms with van der Waals surface area (Å²) in [6, 6.07) is 5.85. The van der Waals surface area contributed by atoms with Gasteiger partial charge < -0.3 is 10.1 Å². The minimum atomic E-state index is -0.510. The number of carbonyl (C=O) groups excluding carboxylic acids is 2. The molecule has 0 spiro atoms. The van der Waals surface area contributed by atoms with E-state index in [-0.39, 0.29) is 24.1 Å². The van der Waals surface area contributed by atoms with Gasteiger partial charge in [-0.25, -0.2) is 4.39 Å². The van der Waals surface area contributed by atoms with Crippen molar-refractivity contribution in [2.45, 2.75) is 25.3 Å². The number of methoxy groups -OCH3 is 1. The lowest BCUT2D eigenvalue weighted by Crippen LogP contribution is -2.56. The lowest BCUT2D eigenvalue weighted by atomic mass is 9.98. The van der Waals surface area contributed by atoms with E-state index in [2.05, 4.69) is 10.1 Å². The molecule has 0 radical (unpaired) electrons. The second kappa shape index (κ2) is 7.35. The maximum Gasteiger partial charge on any atom is 0.307 e. The fourth-order valence-electron chi connectivity index (χ4n) is 2.69. The zero-order chi connectivity index (χ0) is 16.1. The van der Waals surface area contributed by atoms with Gasteiger partial charge in [0.05, 0.1) is 19.6 Å². The van der Waals surface area contributed by atoms with Crippen LogP contribution < -0.4 is 5.32 Å². The highest BCUT2D eigenvalue weighted by atomic mass is 19.1. The Kier molecular flexibility index (Phi) is 5.49. The summed E-state index contributed by atoms with van der Waals surface area (Å²) < 4.78 is 17.7. The van der Waals surface area contributed by atoms with Crippen LogP contribution in [0.5, 0.6) is 0 Å². The summed E-state index contributed by atoms with van der Waals surface area (Å²) >= 11 is 0. The van der Waals surface area contributed by atoms with Gasteiger partial charge in [0.15, 0.2) is 0 Å². The number of carbonyl (C=O) groups is 2. The van der Waals surface area contributed by atoms with Gasteiger partial charge in [0.1, 0.15) is 5.82 Å². The SMILES string of the molecule is COC(=O)C[C@H]1C(=O)NCCN1C[C@H](C)c1ccc(F)cc1. The highest BCUT2D eigenvalue weighted by molar-refractivity contribution is 5.87. The van der Waals surface area contributed by atoms with Crippen molar-refractivity contribution < 1.29 is 18.7 Å². The van der Waals surface area contributed by atoms with Crippen molar-refractivity contribution in [3.05, 3.63) is 35.6 Å². The van der Waals surface area contributed by atoms with E-state index in [4.69, 9.17) is 0 Å². The number of hydrogen-bond donors (Lipinski definition) is 1. The Morgan fingerprint density at radius 1 is 1.45 bits per heavy atom. The van der Waals surface area contributed by atoms with E-state index >= 15 is 0 Å². The van der Waals surface area contributed by atoms with Crippen LogP contribution in [0.4, 0.5) is 4.39 Å². The summed E-state index contributed by atoms with van der Waals surface area (Å²) in [5, 5.41) is 2.77. The number of ether oxygens (including phenoxy) is 1. The van der Waals surface area contributed by atoms with E-state index in [9.17, 15) is 14.0 Å². The Hall–Kier alpha value is -1.95. The molecular weight excluding hydrogens is 287 g/mol. The van der Waals surface area contributed by atoms with Crippen molar-refractivity contribution in [3.8, 4) is 0 Å². The van der Waals surface area contributed by atoms with Gasteiger partial charge in [-0.15, -0.1) is 0 Å². The fourth-order valence-corrected chi connectivity index (χ4v) is 2.69. The third-order valence-electron chi connectivity index (χ3n) is 3.98. The quantitative estimate of drug-likeness (QED) is 0.833. The Labute approximate surface area is 129 Å². The second-order valence-corrected chi connectivity index (χ2v) is 5.53. The molecule has 0 unspecified atom stereocenters. The van der Waals surface area contributed by atoms with E-state index < -0.39 is 12.0 Å². The summed E-state index contributed by atoms with van der Waals surface area (Å²) in [7, 11) is 1.31. The molecule has 120 valence electrons. The number of halogens is 1. The predicted molar refractivity (Wildman–Crippen MR) is 79.8 cm³/mol.